The molecule has 37 heavy (non-hydrogen) atoms. The van der Waals surface area contributed by atoms with Crippen molar-refractivity contribution in [1.29, 1.82) is 0 Å². The molecule has 0 radical (unpaired) electrons. The summed E-state index contributed by atoms with van der Waals surface area (Å²) in [7, 11) is 3.24. The molecule has 1 aliphatic rings. The molecule has 2 atom stereocenters. The number of carbonyl (C=O) groups is 2. The molecule has 1 heterocycles. The minimum Gasteiger partial charge on any atom is -0.497 e. The molecule has 2 N–H and O–H groups in total. The SMILES string of the molecule is COc1ccc(CCNC(=O)[C@H]2C[C@@H](c3cccc(C)c3)CN(C(=O)Nc3cccc(OC)c3)C2)cc1. The van der Waals surface area contributed by atoms with Gasteiger partial charge in [0, 0.05) is 37.3 Å². The highest BCUT2D eigenvalue weighted by Gasteiger charge is 2.34. The molecule has 0 spiro atoms. The molecule has 0 aromatic heterocycles. The second kappa shape index (κ2) is 12.3. The van der Waals surface area contributed by atoms with Crippen LogP contribution in [0.4, 0.5) is 10.5 Å². The van der Waals surface area contributed by atoms with E-state index in [1.807, 2.05) is 48.5 Å². The fourth-order valence-corrected chi connectivity index (χ4v) is 4.79. The molecule has 0 bridgehead atoms. The quantitative estimate of drug-likeness (QED) is 0.455. The lowest BCUT2D eigenvalue weighted by atomic mass is 9.83. The summed E-state index contributed by atoms with van der Waals surface area (Å²) in [6.45, 7) is 3.51. The second-order valence-corrected chi connectivity index (χ2v) is 9.50. The van der Waals surface area contributed by atoms with Gasteiger partial charge in [-0.15, -0.1) is 0 Å². The van der Waals surface area contributed by atoms with Gasteiger partial charge in [0.1, 0.15) is 11.5 Å². The molecule has 194 valence electrons. The van der Waals surface area contributed by atoms with E-state index in [4.69, 9.17) is 9.47 Å². The van der Waals surface area contributed by atoms with Crippen LogP contribution in [-0.4, -0.2) is 50.7 Å². The number of amides is 3. The zero-order valence-electron chi connectivity index (χ0n) is 21.7. The van der Waals surface area contributed by atoms with Gasteiger partial charge in [0.15, 0.2) is 0 Å². The minimum atomic E-state index is -0.300. The number of aryl methyl sites for hydroxylation is 1. The van der Waals surface area contributed by atoms with Crippen molar-refractivity contribution in [2.24, 2.45) is 5.92 Å². The van der Waals surface area contributed by atoms with E-state index < -0.39 is 0 Å². The first-order valence-electron chi connectivity index (χ1n) is 12.6. The van der Waals surface area contributed by atoms with Crippen molar-refractivity contribution in [3.8, 4) is 11.5 Å². The van der Waals surface area contributed by atoms with Crippen LogP contribution in [0.5, 0.6) is 11.5 Å². The first kappa shape index (κ1) is 26.1. The highest BCUT2D eigenvalue weighted by Crippen LogP contribution is 2.31. The van der Waals surface area contributed by atoms with Gasteiger partial charge in [-0.2, -0.15) is 0 Å². The normalized spacial score (nSPS) is 17.1. The summed E-state index contributed by atoms with van der Waals surface area (Å²) >= 11 is 0. The van der Waals surface area contributed by atoms with Gasteiger partial charge in [0.25, 0.3) is 0 Å². The van der Waals surface area contributed by atoms with Gasteiger partial charge >= 0.3 is 6.03 Å². The molecule has 1 aliphatic heterocycles. The fraction of sp³-hybridized carbons (Fsp3) is 0.333. The molecule has 3 aromatic carbocycles. The third kappa shape index (κ3) is 7.03. The number of anilines is 1. The number of likely N-dealkylation sites (tertiary alicyclic amines) is 1. The van der Waals surface area contributed by atoms with Gasteiger partial charge in [-0.1, -0.05) is 48.0 Å². The molecule has 7 nitrogen and oxygen atoms in total. The van der Waals surface area contributed by atoms with Crippen LogP contribution in [0, 0.1) is 12.8 Å². The van der Waals surface area contributed by atoms with Gasteiger partial charge < -0.3 is 25.0 Å². The van der Waals surface area contributed by atoms with Gasteiger partial charge in [-0.25, -0.2) is 4.79 Å². The molecule has 0 unspecified atom stereocenters. The predicted octanol–water partition coefficient (Wildman–Crippen LogP) is 5.01. The third-order valence-electron chi connectivity index (χ3n) is 6.82. The van der Waals surface area contributed by atoms with Crippen LogP contribution in [0.25, 0.3) is 0 Å². The van der Waals surface area contributed by atoms with E-state index in [-0.39, 0.29) is 23.8 Å². The Morgan fingerprint density at radius 3 is 2.41 bits per heavy atom. The standard InChI is InChI=1S/C30H35N3O4/c1-21-6-4-7-23(16-21)24-17-25(29(34)31-15-14-22-10-12-27(36-2)13-11-22)20-33(19-24)30(35)32-26-8-5-9-28(18-26)37-3/h4-13,16,18,24-25H,14-15,17,19-20H2,1-3H3,(H,31,34)(H,32,35)/t24-,25+/m1/s1. The lowest BCUT2D eigenvalue weighted by Crippen LogP contribution is -2.49. The predicted molar refractivity (Wildman–Crippen MR) is 145 cm³/mol. The topological polar surface area (TPSA) is 79.9 Å². The van der Waals surface area contributed by atoms with Gasteiger partial charge in [0.2, 0.25) is 5.91 Å². The van der Waals surface area contributed by atoms with Crippen molar-refractivity contribution in [3.05, 3.63) is 89.5 Å². The van der Waals surface area contributed by atoms with E-state index in [1.165, 1.54) is 0 Å². The monoisotopic (exact) mass is 501 g/mol. The zero-order valence-corrected chi connectivity index (χ0v) is 21.7. The van der Waals surface area contributed by atoms with Crippen LogP contribution in [0.2, 0.25) is 0 Å². The molecule has 1 fully saturated rings. The lowest BCUT2D eigenvalue weighted by Gasteiger charge is -2.37. The van der Waals surface area contributed by atoms with Crippen LogP contribution >= 0.6 is 0 Å². The first-order chi connectivity index (χ1) is 17.9. The van der Waals surface area contributed by atoms with E-state index >= 15 is 0 Å². The van der Waals surface area contributed by atoms with Crippen molar-refractivity contribution < 1.29 is 19.1 Å². The number of rotatable bonds is 8. The summed E-state index contributed by atoms with van der Waals surface area (Å²) in [6, 6.07) is 23.2. The van der Waals surface area contributed by atoms with E-state index in [9.17, 15) is 9.59 Å². The van der Waals surface area contributed by atoms with Crippen LogP contribution < -0.4 is 20.1 Å². The lowest BCUT2D eigenvalue weighted by molar-refractivity contribution is -0.126. The fourth-order valence-electron chi connectivity index (χ4n) is 4.79. The maximum absolute atomic E-state index is 13.3. The Morgan fingerprint density at radius 1 is 0.919 bits per heavy atom. The van der Waals surface area contributed by atoms with E-state index in [0.29, 0.717) is 37.5 Å². The van der Waals surface area contributed by atoms with Crippen LogP contribution in [-0.2, 0) is 11.2 Å². The summed E-state index contributed by atoms with van der Waals surface area (Å²) in [5, 5.41) is 6.06. The number of urea groups is 1. The number of piperidine rings is 1. The van der Waals surface area contributed by atoms with E-state index in [2.05, 4.69) is 35.8 Å². The van der Waals surface area contributed by atoms with Crippen molar-refractivity contribution in [2.75, 3.05) is 39.2 Å². The van der Waals surface area contributed by atoms with Gasteiger partial charge in [-0.05, 0) is 55.2 Å². The zero-order chi connectivity index (χ0) is 26.2. The number of hydrogen-bond acceptors (Lipinski definition) is 4. The third-order valence-corrected chi connectivity index (χ3v) is 6.82. The van der Waals surface area contributed by atoms with E-state index in [1.54, 1.807) is 25.2 Å². The number of nitrogens with one attached hydrogen (secondary N) is 2. The number of hydrogen-bond donors (Lipinski definition) is 2. The summed E-state index contributed by atoms with van der Waals surface area (Å²) in [5.41, 5.74) is 4.09. The maximum atomic E-state index is 13.3. The Balaban J connectivity index is 1.44. The Morgan fingerprint density at radius 2 is 1.68 bits per heavy atom. The number of carbonyl (C=O) groups excluding carboxylic acids is 2. The Bertz CT molecular complexity index is 1210. The van der Waals surface area contributed by atoms with Crippen molar-refractivity contribution >= 4 is 17.6 Å². The molecule has 3 amide bonds. The number of ether oxygens (including phenoxy) is 2. The molecule has 3 aromatic rings. The van der Waals surface area contributed by atoms with Crippen molar-refractivity contribution in [2.45, 2.75) is 25.7 Å². The largest absolute Gasteiger partial charge is 0.497 e. The van der Waals surface area contributed by atoms with Crippen molar-refractivity contribution in [3.63, 3.8) is 0 Å². The minimum absolute atomic E-state index is 0.0231. The Labute approximate surface area is 218 Å². The molecule has 0 saturated carbocycles. The molecule has 7 heteroatoms. The first-order valence-corrected chi connectivity index (χ1v) is 12.6. The van der Waals surface area contributed by atoms with Crippen molar-refractivity contribution in [1.82, 2.24) is 10.2 Å². The summed E-state index contributed by atoms with van der Waals surface area (Å²) < 4.78 is 10.5. The highest BCUT2D eigenvalue weighted by atomic mass is 16.5. The average Bonchev–Trinajstić information content (AvgIpc) is 2.93. The van der Waals surface area contributed by atoms with Gasteiger partial charge in [-0.3, -0.25) is 4.79 Å². The average molecular weight is 502 g/mol. The molecule has 1 saturated heterocycles. The molecule has 4 rings (SSSR count). The molecule has 0 aliphatic carbocycles. The smallest absolute Gasteiger partial charge is 0.321 e. The van der Waals surface area contributed by atoms with Crippen LogP contribution in [0.15, 0.2) is 72.8 Å². The Kier molecular flexibility index (Phi) is 8.67. The van der Waals surface area contributed by atoms with Crippen LogP contribution in [0.3, 0.4) is 0 Å². The molecular formula is C30H35N3O4. The summed E-state index contributed by atoms with van der Waals surface area (Å²) in [4.78, 5) is 28.3. The second-order valence-electron chi connectivity index (χ2n) is 9.50. The van der Waals surface area contributed by atoms with Gasteiger partial charge in [0.05, 0.1) is 20.1 Å². The van der Waals surface area contributed by atoms with Crippen LogP contribution in [0.1, 0.15) is 29.0 Å². The number of benzene rings is 3. The number of methoxy groups -OCH3 is 2. The Hall–Kier alpha value is -4.00. The summed E-state index contributed by atoms with van der Waals surface area (Å²) in [5.74, 6) is 1.23. The number of nitrogens with zero attached hydrogens (tertiary/aromatic N) is 1. The summed E-state index contributed by atoms with van der Waals surface area (Å²) in [6.07, 6.45) is 1.42. The highest BCUT2D eigenvalue weighted by molar-refractivity contribution is 5.90. The van der Waals surface area contributed by atoms with E-state index in [0.717, 1.165) is 28.9 Å². The molecular weight excluding hydrogens is 466 g/mol. The maximum Gasteiger partial charge on any atom is 0.321 e.